The van der Waals surface area contributed by atoms with E-state index in [1.165, 1.54) is 6.07 Å². The fraction of sp³-hybridized carbons (Fsp3) is 0.333. The van der Waals surface area contributed by atoms with E-state index in [9.17, 15) is 9.18 Å². The van der Waals surface area contributed by atoms with Crippen LogP contribution in [0.3, 0.4) is 0 Å². The maximum absolute atomic E-state index is 14.3. The van der Waals surface area contributed by atoms with Gasteiger partial charge in [0.1, 0.15) is 12.4 Å². The third-order valence-corrected chi connectivity index (χ3v) is 4.12. The molecule has 2 heterocycles. The fourth-order valence-corrected chi connectivity index (χ4v) is 2.54. The smallest absolute Gasteiger partial charge is 0.225 e. The molecule has 9 heteroatoms. The standard InChI is InChI=1S/C18H20FN5O3/c1-20-16(26)5-6-27-23-14-9-24(10-14)18-21-7-13(8-22-18)15-4-2-3-12(11-25)17(15)19/h2-4,7-8,25H,5-6,9-11H2,1H3,(H,20,26). The number of amides is 1. The predicted molar refractivity (Wildman–Crippen MR) is 97.6 cm³/mol. The Bertz CT molecular complexity index is 833. The third-order valence-electron chi connectivity index (χ3n) is 4.12. The number of carbonyl (C=O) groups is 1. The lowest BCUT2D eigenvalue weighted by atomic mass is 10.1. The molecule has 1 aromatic heterocycles. The molecule has 1 fully saturated rings. The Morgan fingerprint density at radius 1 is 1.37 bits per heavy atom. The van der Waals surface area contributed by atoms with Gasteiger partial charge in [0.05, 0.1) is 31.8 Å². The zero-order valence-electron chi connectivity index (χ0n) is 14.9. The maximum Gasteiger partial charge on any atom is 0.225 e. The fourth-order valence-electron chi connectivity index (χ4n) is 2.54. The minimum absolute atomic E-state index is 0.0973. The van der Waals surface area contributed by atoms with Crippen molar-refractivity contribution in [1.82, 2.24) is 15.3 Å². The van der Waals surface area contributed by atoms with Crippen LogP contribution in [0, 0.1) is 5.82 Å². The van der Waals surface area contributed by atoms with Crippen molar-refractivity contribution < 1.29 is 19.1 Å². The first-order valence-electron chi connectivity index (χ1n) is 8.46. The molecular formula is C18H20FN5O3. The maximum atomic E-state index is 14.3. The second-order valence-electron chi connectivity index (χ2n) is 5.98. The van der Waals surface area contributed by atoms with E-state index in [4.69, 9.17) is 9.94 Å². The molecule has 0 unspecified atom stereocenters. The van der Waals surface area contributed by atoms with Crippen LogP contribution in [0.5, 0.6) is 0 Å². The van der Waals surface area contributed by atoms with Gasteiger partial charge in [-0.1, -0.05) is 23.4 Å². The molecule has 8 nitrogen and oxygen atoms in total. The van der Waals surface area contributed by atoms with Crippen LogP contribution in [0.4, 0.5) is 10.3 Å². The number of anilines is 1. The van der Waals surface area contributed by atoms with Crippen LogP contribution in [0.25, 0.3) is 11.1 Å². The number of halogens is 1. The summed E-state index contributed by atoms with van der Waals surface area (Å²) in [4.78, 5) is 26.6. The molecule has 1 saturated heterocycles. The Labute approximate surface area is 155 Å². The SMILES string of the molecule is CNC(=O)CCON=C1CN(c2ncc(-c3cccc(CO)c3F)cn2)C1. The summed E-state index contributed by atoms with van der Waals surface area (Å²) < 4.78 is 14.3. The van der Waals surface area contributed by atoms with Crippen LogP contribution in [-0.2, 0) is 16.2 Å². The van der Waals surface area contributed by atoms with Gasteiger partial charge in [-0.15, -0.1) is 0 Å². The second kappa shape index (κ2) is 8.54. The van der Waals surface area contributed by atoms with Gasteiger partial charge >= 0.3 is 0 Å². The summed E-state index contributed by atoms with van der Waals surface area (Å²) in [5.74, 6) is -0.0507. The lowest BCUT2D eigenvalue weighted by molar-refractivity contribution is -0.121. The number of nitrogens with one attached hydrogen (secondary N) is 1. The van der Waals surface area contributed by atoms with Gasteiger partial charge in [0.15, 0.2) is 0 Å². The van der Waals surface area contributed by atoms with Crippen molar-refractivity contribution in [3.05, 3.63) is 42.0 Å². The van der Waals surface area contributed by atoms with Crippen molar-refractivity contribution in [2.75, 3.05) is 31.6 Å². The first-order chi connectivity index (χ1) is 13.1. The van der Waals surface area contributed by atoms with Crippen LogP contribution < -0.4 is 10.2 Å². The van der Waals surface area contributed by atoms with E-state index < -0.39 is 5.82 Å². The Balaban J connectivity index is 1.56. The number of aromatic nitrogens is 2. The number of nitrogens with zero attached hydrogens (tertiary/aromatic N) is 4. The predicted octanol–water partition coefficient (Wildman–Crippen LogP) is 1.10. The van der Waals surface area contributed by atoms with E-state index in [1.807, 2.05) is 4.90 Å². The van der Waals surface area contributed by atoms with Crippen LogP contribution >= 0.6 is 0 Å². The van der Waals surface area contributed by atoms with Crippen molar-refractivity contribution in [3.8, 4) is 11.1 Å². The highest BCUT2D eigenvalue weighted by Gasteiger charge is 2.25. The van der Waals surface area contributed by atoms with Gasteiger partial charge in [0.25, 0.3) is 0 Å². The molecule has 142 valence electrons. The van der Waals surface area contributed by atoms with Crippen molar-refractivity contribution >= 4 is 17.6 Å². The van der Waals surface area contributed by atoms with Gasteiger partial charge in [0.2, 0.25) is 11.9 Å². The van der Waals surface area contributed by atoms with Crippen LogP contribution in [0.15, 0.2) is 35.7 Å². The van der Waals surface area contributed by atoms with Crippen molar-refractivity contribution in [3.63, 3.8) is 0 Å². The molecule has 0 bridgehead atoms. The molecule has 1 aliphatic rings. The summed E-state index contributed by atoms with van der Waals surface area (Å²) in [5, 5.41) is 15.7. The monoisotopic (exact) mass is 373 g/mol. The van der Waals surface area contributed by atoms with Crippen molar-refractivity contribution in [2.45, 2.75) is 13.0 Å². The molecule has 1 aromatic carbocycles. The Hall–Kier alpha value is -3.07. The Morgan fingerprint density at radius 3 is 2.78 bits per heavy atom. The van der Waals surface area contributed by atoms with Gasteiger partial charge in [-0.25, -0.2) is 14.4 Å². The number of aliphatic hydroxyl groups is 1. The second-order valence-corrected chi connectivity index (χ2v) is 5.98. The molecule has 0 saturated carbocycles. The molecule has 3 rings (SSSR count). The minimum Gasteiger partial charge on any atom is -0.395 e. The van der Waals surface area contributed by atoms with Gasteiger partial charge in [-0.2, -0.15) is 0 Å². The van der Waals surface area contributed by atoms with Gasteiger partial charge in [0, 0.05) is 36.1 Å². The molecule has 1 aliphatic heterocycles. The largest absolute Gasteiger partial charge is 0.395 e. The quantitative estimate of drug-likeness (QED) is 0.557. The topological polar surface area (TPSA) is 99.9 Å². The molecule has 0 aliphatic carbocycles. The number of hydrogen-bond donors (Lipinski definition) is 2. The average molecular weight is 373 g/mol. The number of oxime groups is 1. The minimum atomic E-state index is -0.469. The lowest BCUT2D eigenvalue weighted by Crippen LogP contribution is -2.48. The molecule has 27 heavy (non-hydrogen) atoms. The van der Waals surface area contributed by atoms with E-state index in [0.717, 1.165) is 5.71 Å². The van der Waals surface area contributed by atoms with E-state index in [2.05, 4.69) is 20.4 Å². The number of carbonyl (C=O) groups excluding carboxylic acids is 1. The van der Waals surface area contributed by atoms with E-state index in [0.29, 0.717) is 30.2 Å². The highest BCUT2D eigenvalue weighted by molar-refractivity contribution is 5.98. The summed E-state index contributed by atoms with van der Waals surface area (Å²) in [6.07, 6.45) is 3.36. The highest BCUT2D eigenvalue weighted by atomic mass is 19.1. The van der Waals surface area contributed by atoms with Gasteiger partial charge in [-0.05, 0) is 0 Å². The summed E-state index contributed by atoms with van der Waals surface area (Å²) in [7, 11) is 1.57. The van der Waals surface area contributed by atoms with Crippen LogP contribution in [0.1, 0.15) is 12.0 Å². The summed E-state index contributed by atoms with van der Waals surface area (Å²) in [5.41, 5.74) is 1.96. The molecule has 0 spiro atoms. The Kier molecular flexibility index (Phi) is 5.92. The molecule has 2 N–H and O–H groups in total. The van der Waals surface area contributed by atoms with Crippen LogP contribution in [-0.4, -0.2) is 53.4 Å². The molecule has 1 amide bonds. The normalized spacial score (nSPS) is 13.1. The molecule has 0 atom stereocenters. The summed E-state index contributed by atoms with van der Waals surface area (Å²) in [6.45, 7) is 0.938. The summed E-state index contributed by atoms with van der Waals surface area (Å²) >= 11 is 0. The van der Waals surface area contributed by atoms with Gasteiger partial charge in [-0.3, -0.25) is 4.79 Å². The molecule has 2 aromatic rings. The van der Waals surface area contributed by atoms with E-state index in [1.54, 1.807) is 31.6 Å². The van der Waals surface area contributed by atoms with Crippen molar-refractivity contribution in [1.29, 1.82) is 0 Å². The first kappa shape index (κ1) is 18.7. The van der Waals surface area contributed by atoms with E-state index >= 15 is 0 Å². The number of hydrogen-bond acceptors (Lipinski definition) is 7. The lowest BCUT2D eigenvalue weighted by Gasteiger charge is -2.31. The van der Waals surface area contributed by atoms with Gasteiger partial charge < -0.3 is 20.2 Å². The van der Waals surface area contributed by atoms with Crippen LogP contribution in [0.2, 0.25) is 0 Å². The third kappa shape index (κ3) is 4.37. The zero-order valence-corrected chi connectivity index (χ0v) is 14.9. The highest BCUT2D eigenvalue weighted by Crippen LogP contribution is 2.25. The first-order valence-corrected chi connectivity index (χ1v) is 8.46. The summed E-state index contributed by atoms with van der Waals surface area (Å²) in [6, 6.07) is 4.84. The Morgan fingerprint density at radius 2 is 2.11 bits per heavy atom. The van der Waals surface area contributed by atoms with E-state index in [-0.39, 0.29) is 31.1 Å². The van der Waals surface area contributed by atoms with Crippen molar-refractivity contribution in [2.24, 2.45) is 5.16 Å². The number of benzene rings is 1. The molecule has 0 radical (unpaired) electrons. The molecular weight excluding hydrogens is 353 g/mol. The number of rotatable bonds is 7. The average Bonchev–Trinajstić information content (AvgIpc) is 2.66. The number of aliphatic hydroxyl groups excluding tert-OH is 1. The zero-order chi connectivity index (χ0) is 19.2.